The molecule has 0 aliphatic carbocycles. The highest BCUT2D eigenvalue weighted by molar-refractivity contribution is 5.87. The molecule has 0 fully saturated rings. The van der Waals surface area contributed by atoms with Crippen LogP contribution >= 0.6 is 0 Å². The van der Waals surface area contributed by atoms with Crippen LogP contribution in [-0.4, -0.2) is 25.4 Å². The Hall–Kier alpha value is -2.37. The Labute approximate surface area is 103 Å². The second-order valence-corrected chi connectivity index (χ2v) is 4.11. The van der Waals surface area contributed by atoms with Crippen molar-refractivity contribution in [2.75, 3.05) is 0 Å². The second kappa shape index (κ2) is 4.48. The lowest BCUT2D eigenvalue weighted by molar-refractivity contribution is 0.0694. The Morgan fingerprint density at radius 3 is 2.72 bits per heavy atom. The van der Waals surface area contributed by atoms with Crippen molar-refractivity contribution in [2.24, 2.45) is 7.05 Å². The molecular weight excluding hydrogens is 234 g/mol. The molecule has 0 amide bonds. The molecule has 0 aromatic carbocycles. The third-order valence-corrected chi connectivity index (χ3v) is 2.72. The first-order valence-corrected chi connectivity index (χ1v) is 5.40. The number of carboxylic acids is 1. The minimum Gasteiger partial charge on any atom is -0.477 e. The van der Waals surface area contributed by atoms with Gasteiger partial charge < -0.3 is 9.67 Å². The van der Waals surface area contributed by atoms with Gasteiger partial charge >= 0.3 is 5.97 Å². The molecule has 0 unspecified atom stereocenters. The summed E-state index contributed by atoms with van der Waals surface area (Å²) in [6, 6.07) is 2.96. The Morgan fingerprint density at radius 1 is 1.44 bits per heavy atom. The highest BCUT2D eigenvalue weighted by atomic mass is 16.4. The zero-order valence-corrected chi connectivity index (χ0v) is 10.1. The van der Waals surface area contributed by atoms with Gasteiger partial charge in [0.05, 0.1) is 12.7 Å². The average Bonchev–Trinajstić information content (AvgIpc) is 2.69. The van der Waals surface area contributed by atoms with Crippen LogP contribution in [0.2, 0.25) is 0 Å². The lowest BCUT2D eigenvalue weighted by Crippen LogP contribution is -2.28. The summed E-state index contributed by atoms with van der Waals surface area (Å²) in [4.78, 5) is 22.9. The Bertz CT molecular complexity index is 655. The van der Waals surface area contributed by atoms with Crippen LogP contribution in [0.3, 0.4) is 0 Å². The predicted molar refractivity (Wildman–Crippen MR) is 64.7 cm³/mol. The number of hydrogen-bond donors (Lipinski definition) is 1. The summed E-state index contributed by atoms with van der Waals surface area (Å²) in [5.41, 5.74) is 0.856. The van der Waals surface area contributed by atoms with Crippen molar-refractivity contribution in [2.45, 2.75) is 13.5 Å². The molecule has 0 aliphatic rings. The van der Waals surface area contributed by atoms with Gasteiger partial charge in [-0.05, 0) is 19.1 Å². The lowest BCUT2D eigenvalue weighted by Gasteiger charge is -2.09. The van der Waals surface area contributed by atoms with Gasteiger partial charge in [-0.3, -0.25) is 9.48 Å². The zero-order chi connectivity index (χ0) is 13.3. The SMILES string of the molecule is Cc1ccc(C(=O)O)c(=O)n1Cc1cnn(C)c1. The number of aromatic carboxylic acids is 1. The molecule has 94 valence electrons. The molecule has 0 spiro atoms. The molecule has 0 saturated heterocycles. The summed E-state index contributed by atoms with van der Waals surface area (Å²) in [6.07, 6.45) is 3.44. The van der Waals surface area contributed by atoms with Gasteiger partial charge in [0.2, 0.25) is 0 Å². The van der Waals surface area contributed by atoms with Crippen molar-refractivity contribution in [3.63, 3.8) is 0 Å². The van der Waals surface area contributed by atoms with E-state index in [9.17, 15) is 9.59 Å². The highest BCUT2D eigenvalue weighted by Crippen LogP contribution is 2.04. The van der Waals surface area contributed by atoms with Crippen LogP contribution in [-0.2, 0) is 13.6 Å². The molecule has 2 aromatic heterocycles. The fraction of sp³-hybridized carbons (Fsp3) is 0.250. The van der Waals surface area contributed by atoms with E-state index in [2.05, 4.69) is 5.10 Å². The summed E-state index contributed by atoms with van der Waals surface area (Å²) in [6.45, 7) is 2.09. The van der Waals surface area contributed by atoms with Crippen LogP contribution in [0.5, 0.6) is 0 Å². The lowest BCUT2D eigenvalue weighted by atomic mass is 10.2. The monoisotopic (exact) mass is 247 g/mol. The molecule has 6 nitrogen and oxygen atoms in total. The first-order valence-electron chi connectivity index (χ1n) is 5.40. The van der Waals surface area contributed by atoms with E-state index < -0.39 is 11.5 Å². The van der Waals surface area contributed by atoms with Crippen molar-refractivity contribution in [1.82, 2.24) is 14.3 Å². The standard InChI is InChI=1S/C12H13N3O3/c1-8-3-4-10(12(17)18)11(16)15(8)7-9-5-13-14(2)6-9/h3-6H,7H2,1-2H3,(H,17,18). The molecule has 1 N–H and O–H groups in total. The predicted octanol–water partition coefficient (Wildman–Crippen LogP) is 0.637. The van der Waals surface area contributed by atoms with E-state index in [1.807, 2.05) is 0 Å². The Balaban J connectivity index is 2.47. The first-order chi connectivity index (χ1) is 8.49. The molecular formula is C12H13N3O3. The maximum atomic E-state index is 12.0. The number of carboxylic acid groups (broad SMARTS) is 1. The number of nitrogens with zero attached hydrogens (tertiary/aromatic N) is 3. The van der Waals surface area contributed by atoms with Gasteiger partial charge in [0.1, 0.15) is 5.56 Å². The molecule has 0 saturated carbocycles. The molecule has 2 rings (SSSR count). The van der Waals surface area contributed by atoms with Crippen LogP contribution < -0.4 is 5.56 Å². The molecule has 0 radical (unpaired) electrons. The fourth-order valence-corrected chi connectivity index (χ4v) is 1.77. The molecule has 2 heterocycles. The topological polar surface area (TPSA) is 77.1 Å². The minimum atomic E-state index is -1.21. The quantitative estimate of drug-likeness (QED) is 0.863. The van der Waals surface area contributed by atoms with Crippen molar-refractivity contribution in [3.05, 3.63) is 51.7 Å². The maximum Gasteiger partial charge on any atom is 0.341 e. The molecule has 0 atom stereocenters. The third kappa shape index (κ3) is 2.17. The number of carbonyl (C=O) groups is 1. The normalized spacial score (nSPS) is 10.6. The number of pyridine rings is 1. The third-order valence-electron chi connectivity index (χ3n) is 2.72. The maximum absolute atomic E-state index is 12.0. The van der Waals surface area contributed by atoms with Crippen LogP contribution in [0.1, 0.15) is 21.6 Å². The number of aryl methyl sites for hydroxylation is 2. The van der Waals surface area contributed by atoms with Crippen LogP contribution in [0, 0.1) is 6.92 Å². The van der Waals surface area contributed by atoms with Crippen LogP contribution in [0.4, 0.5) is 0 Å². The summed E-state index contributed by atoms with van der Waals surface area (Å²) in [5, 5.41) is 12.9. The zero-order valence-electron chi connectivity index (χ0n) is 10.1. The van der Waals surface area contributed by atoms with E-state index in [0.717, 1.165) is 5.56 Å². The van der Waals surface area contributed by atoms with Gasteiger partial charge in [-0.25, -0.2) is 4.79 Å². The molecule has 18 heavy (non-hydrogen) atoms. The van der Waals surface area contributed by atoms with E-state index in [-0.39, 0.29) is 5.56 Å². The van der Waals surface area contributed by atoms with Crippen LogP contribution in [0.25, 0.3) is 0 Å². The summed E-state index contributed by atoms with van der Waals surface area (Å²) >= 11 is 0. The van der Waals surface area contributed by atoms with E-state index >= 15 is 0 Å². The highest BCUT2D eigenvalue weighted by Gasteiger charge is 2.12. The first kappa shape index (κ1) is 12.1. The van der Waals surface area contributed by atoms with Crippen molar-refractivity contribution in [1.29, 1.82) is 0 Å². The van der Waals surface area contributed by atoms with E-state index in [0.29, 0.717) is 12.2 Å². The summed E-state index contributed by atoms with van der Waals surface area (Å²) in [7, 11) is 1.78. The Kier molecular flexibility index (Phi) is 3.01. The molecule has 0 bridgehead atoms. The molecule has 2 aromatic rings. The minimum absolute atomic E-state index is 0.218. The Morgan fingerprint density at radius 2 is 2.17 bits per heavy atom. The number of aromatic nitrogens is 3. The average molecular weight is 247 g/mol. The number of hydrogen-bond acceptors (Lipinski definition) is 3. The molecule has 6 heteroatoms. The van der Waals surface area contributed by atoms with E-state index in [4.69, 9.17) is 5.11 Å². The van der Waals surface area contributed by atoms with E-state index in [1.54, 1.807) is 37.1 Å². The van der Waals surface area contributed by atoms with Gasteiger partial charge in [-0.15, -0.1) is 0 Å². The molecule has 0 aliphatic heterocycles. The van der Waals surface area contributed by atoms with Gasteiger partial charge in [-0.1, -0.05) is 0 Å². The van der Waals surface area contributed by atoms with E-state index in [1.165, 1.54) is 10.6 Å². The van der Waals surface area contributed by atoms with Gasteiger partial charge in [0.25, 0.3) is 5.56 Å². The summed E-state index contributed by atoms with van der Waals surface area (Å²) in [5.74, 6) is -1.21. The number of rotatable bonds is 3. The van der Waals surface area contributed by atoms with Gasteiger partial charge in [0.15, 0.2) is 0 Å². The van der Waals surface area contributed by atoms with Crippen molar-refractivity contribution in [3.8, 4) is 0 Å². The van der Waals surface area contributed by atoms with Gasteiger partial charge in [0, 0.05) is 24.5 Å². The summed E-state index contributed by atoms with van der Waals surface area (Å²) < 4.78 is 3.07. The van der Waals surface area contributed by atoms with Crippen LogP contribution in [0.15, 0.2) is 29.3 Å². The second-order valence-electron chi connectivity index (χ2n) is 4.11. The van der Waals surface area contributed by atoms with Crippen molar-refractivity contribution >= 4 is 5.97 Å². The van der Waals surface area contributed by atoms with Crippen molar-refractivity contribution < 1.29 is 9.90 Å². The van der Waals surface area contributed by atoms with Gasteiger partial charge in [-0.2, -0.15) is 5.10 Å². The smallest absolute Gasteiger partial charge is 0.341 e. The fourth-order valence-electron chi connectivity index (χ4n) is 1.77. The largest absolute Gasteiger partial charge is 0.477 e.